The van der Waals surface area contributed by atoms with Crippen LogP contribution in [0.5, 0.6) is 0 Å². The zero-order valence-corrected chi connectivity index (χ0v) is 14.6. The molecule has 146 valence electrons. The minimum absolute atomic E-state index is 0.0992. The minimum Gasteiger partial charge on any atom is -0.212 e. The molecule has 1 aromatic carbocycles. The molecule has 13 heteroatoms. The van der Waals surface area contributed by atoms with Crippen LogP contribution >= 0.6 is 11.6 Å². The van der Waals surface area contributed by atoms with Crippen LogP contribution in [0.1, 0.15) is 17.5 Å². The summed E-state index contributed by atoms with van der Waals surface area (Å²) in [6.45, 7) is -0.521. The van der Waals surface area contributed by atoms with Crippen LogP contribution in [-0.2, 0) is 22.0 Å². The summed E-state index contributed by atoms with van der Waals surface area (Å²) in [5, 5.41) is 5.47. The molecule has 0 N–H and O–H groups in total. The molecule has 0 atom stereocenters. The summed E-state index contributed by atoms with van der Waals surface area (Å²) in [5.41, 5.74) is -3.72. The summed E-state index contributed by atoms with van der Waals surface area (Å²) in [6, 6.07) is 2.18. The van der Waals surface area contributed by atoms with Gasteiger partial charge >= 0.3 is 12.4 Å². The largest absolute Gasteiger partial charge is 0.437 e. The van der Waals surface area contributed by atoms with Crippen molar-refractivity contribution in [3.8, 4) is 0 Å². The summed E-state index contributed by atoms with van der Waals surface area (Å²) in [5.74, 6) is -0.756. The van der Waals surface area contributed by atoms with Crippen LogP contribution in [0.3, 0.4) is 0 Å². The second-order valence-corrected chi connectivity index (χ2v) is 8.13. The molecule has 1 aliphatic rings. The zero-order chi connectivity index (χ0) is 20.0. The molecule has 5 nitrogen and oxygen atoms in total. The van der Waals surface area contributed by atoms with Gasteiger partial charge in [-0.05, 0) is 17.7 Å². The van der Waals surface area contributed by atoms with Gasteiger partial charge in [-0.2, -0.15) is 26.3 Å². The Balaban J connectivity index is 2.06. The lowest BCUT2D eigenvalue weighted by Gasteiger charge is -2.20. The first-order valence-corrected chi connectivity index (χ1v) is 8.97. The Labute approximate surface area is 149 Å². The molecule has 0 unspecified atom stereocenters. The van der Waals surface area contributed by atoms with Gasteiger partial charge in [-0.25, -0.2) is 12.7 Å². The molecular weight excluding hydrogens is 412 g/mol. The maximum Gasteiger partial charge on any atom is 0.437 e. The molecule has 0 aromatic heterocycles. The first kappa shape index (κ1) is 20.9. The van der Waals surface area contributed by atoms with Crippen LogP contribution in [0.2, 0.25) is 5.02 Å². The van der Waals surface area contributed by atoms with Crippen molar-refractivity contribution in [3.63, 3.8) is 0 Å². The van der Waals surface area contributed by atoms with Crippen molar-refractivity contribution in [3.05, 3.63) is 34.3 Å². The van der Waals surface area contributed by atoms with E-state index < -0.39 is 57.3 Å². The first-order valence-electron chi connectivity index (χ1n) is 6.98. The Kier molecular flexibility index (Phi) is 5.34. The van der Waals surface area contributed by atoms with E-state index in [4.69, 9.17) is 11.6 Å². The average molecular weight is 424 g/mol. The number of sulfonamides is 1. The molecule has 0 radical (unpaired) electrons. The Morgan fingerprint density at radius 2 is 1.73 bits per heavy atom. The second kappa shape index (κ2) is 6.64. The number of rotatable bonds is 6. The van der Waals surface area contributed by atoms with Crippen LogP contribution in [0, 0.1) is 0 Å². The van der Waals surface area contributed by atoms with Crippen molar-refractivity contribution in [2.45, 2.75) is 30.2 Å². The van der Waals surface area contributed by atoms with Crippen molar-refractivity contribution in [2.24, 2.45) is 10.2 Å². The van der Waals surface area contributed by atoms with Gasteiger partial charge in [0.2, 0.25) is 10.0 Å². The molecule has 0 spiro atoms. The molecule has 1 heterocycles. The molecule has 1 aromatic rings. The quantitative estimate of drug-likeness (QED) is 0.643. The van der Waals surface area contributed by atoms with Gasteiger partial charge in [0.25, 0.3) is 5.66 Å². The molecule has 0 saturated heterocycles. The molecule has 26 heavy (non-hydrogen) atoms. The minimum atomic E-state index is -4.71. The molecule has 0 saturated carbocycles. The maximum atomic E-state index is 12.7. The molecule has 0 fully saturated rings. The van der Waals surface area contributed by atoms with E-state index in [0.717, 1.165) is 13.1 Å². The number of alkyl halides is 6. The fourth-order valence-electron chi connectivity index (χ4n) is 2.02. The highest BCUT2D eigenvalue weighted by Gasteiger charge is 2.63. The number of hydrogen-bond acceptors (Lipinski definition) is 4. The van der Waals surface area contributed by atoms with Crippen LogP contribution in [0.15, 0.2) is 28.4 Å². The zero-order valence-electron chi connectivity index (χ0n) is 13.1. The highest BCUT2D eigenvalue weighted by Crippen LogP contribution is 2.46. The van der Waals surface area contributed by atoms with Crippen LogP contribution in [0.4, 0.5) is 26.3 Å². The van der Waals surface area contributed by atoms with Crippen LogP contribution in [-0.4, -0.2) is 38.2 Å². The van der Waals surface area contributed by atoms with Gasteiger partial charge in [0.15, 0.2) is 0 Å². The van der Waals surface area contributed by atoms with E-state index in [0.29, 0.717) is 16.4 Å². The van der Waals surface area contributed by atoms with Gasteiger partial charge in [0.05, 0.1) is 11.3 Å². The predicted octanol–water partition coefficient (Wildman–Crippen LogP) is 4.23. The number of nitrogens with zero attached hydrogens (tertiary/aromatic N) is 3. The van der Waals surface area contributed by atoms with Crippen molar-refractivity contribution in [1.82, 2.24) is 4.31 Å². The van der Waals surface area contributed by atoms with Crippen LogP contribution in [0.25, 0.3) is 0 Å². The predicted molar refractivity (Wildman–Crippen MR) is 80.0 cm³/mol. The summed E-state index contributed by atoms with van der Waals surface area (Å²) < 4.78 is 101. The molecule has 0 bridgehead atoms. The van der Waals surface area contributed by atoms with Gasteiger partial charge < -0.3 is 0 Å². The van der Waals surface area contributed by atoms with Crippen molar-refractivity contribution < 1.29 is 34.8 Å². The first-order chi connectivity index (χ1) is 11.7. The molecule has 1 aliphatic heterocycles. The summed E-state index contributed by atoms with van der Waals surface area (Å²) in [6.07, 6.45) is -10.0. The lowest BCUT2D eigenvalue weighted by atomic mass is 10.1. The lowest BCUT2D eigenvalue weighted by Crippen LogP contribution is -2.38. The molecule has 2 rings (SSSR count). The Morgan fingerprint density at radius 3 is 2.15 bits per heavy atom. The van der Waals surface area contributed by atoms with Crippen LogP contribution < -0.4 is 0 Å². The standard InChI is InChI=1S/C13H12ClF6N3O2S/c1-23(5-4-11(21-22-11)13(18,19)20)26(24,25)7-8-2-3-9(6-10(8)14)12(15,16)17/h2-3,6H,4-5,7H2,1H3. The highest BCUT2D eigenvalue weighted by atomic mass is 35.5. The fourth-order valence-corrected chi connectivity index (χ4v) is 3.58. The van der Waals surface area contributed by atoms with Gasteiger partial charge in [-0.1, -0.05) is 17.7 Å². The van der Waals surface area contributed by atoms with E-state index in [9.17, 15) is 34.8 Å². The molecular formula is C13H12ClF6N3O2S. The monoisotopic (exact) mass is 423 g/mol. The smallest absolute Gasteiger partial charge is 0.212 e. The second-order valence-electron chi connectivity index (χ2n) is 5.65. The SMILES string of the molecule is CN(CCC1(C(F)(F)F)N=N1)S(=O)(=O)Cc1ccc(C(F)(F)F)cc1Cl. The van der Waals surface area contributed by atoms with E-state index in [2.05, 4.69) is 10.2 Å². The molecule has 0 aliphatic carbocycles. The summed E-state index contributed by atoms with van der Waals surface area (Å²) in [7, 11) is -3.05. The lowest BCUT2D eigenvalue weighted by molar-refractivity contribution is -0.165. The third-order valence-electron chi connectivity index (χ3n) is 3.76. The Morgan fingerprint density at radius 1 is 1.15 bits per heavy atom. The fraction of sp³-hybridized carbons (Fsp3) is 0.538. The van der Waals surface area contributed by atoms with Gasteiger partial charge in [-0.3, -0.25) is 0 Å². The number of hydrogen-bond donors (Lipinski definition) is 0. The Bertz CT molecular complexity index is 816. The van der Waals surface area contributed by atoms with Crippen molar-refractivity contribution >= 4 is 21.6 Å². The van der Waals surface area contributed by atoms with Gasteiger partial charge in [0.1, 0.15) is 0 Å². The number of benzene rings is 1. The summed E-state index contributed by atoms with van der Waals surface area (Å²) >= 11 is 5.70. The van der Waals surface area contributed by atoms with Gasteiger partial charge in [0, 0.05) is 25.0 Å². The normalized spacial score (nSPS) is 17.0. The molecule has 0 amide bonds. The third kappa shape index (κ3) is 4.46. The highest BCUT2D eigenvalue weighted by molar-refractivity contribution is 7.88. The van der Waals surface area contributed by atoms with Crippen molar-refractivity contribution in [1.29, 1.82) is 0 Å². The van der Waals surface area contributed by atoms with Crippen molar-refractivity contribution in [2.75, 3.05) is 13.6 Å². The number of halogens is 7. The average Bonchev–Trinajstić information content (AvgIpc) is 3.26. The summed E-state index contributed by atoms with van der Waals surface area (Å²) in [4.78, 5) is 0. The van der Waals surface area contributed by atoms with E-state index in [-0.39, 0.29) is 5.56 Å². The topological polar surface area (TPSA) is 62.1 Å². The third-order valence-corrected chi connectivity index (χ3v) is 5.92. The maximum absolute atomic E-state index is 12.7. The van der Waals surface area contributed by atoms with E-state index in [1.54, 1.807) is 0 Å². The van der Waals surface area contributed by atoms with Gasteiger partial charge in [-0.15, -0.1) is 10.2 Å². The van der Waals surface area contributed by atoms with E-state index in [1.807, 2.05) is 0 Å². The van der Waals surface area contributed by atoms with E-state index >= 15 is 0 Å². The van der Waals surface area contributed by atoms with E-state index in [1.165, 1.54) is 0 Å². The Hall–Kier alpha value is -1.40.